The number of carbonyl (C=O) groups is 1. The first-order chi connectivity index (χ1) is 15.5. The van der Waals surface area contributed by atoms with Gasteiger partial charge in [0.05, 0.1) is 5.92 Å². The van der Waals surface area contributed by atoms with E-state index < -0.39 is 11.6 Å². The Kier molecular flexibility index (Phi) is 6.96. The molecule has 166 valence electrons. The smallest absolute Gasteiger partial charge is 0.227 e. The van der Waals surface area contributed by atoms with E-state index in [2.05, 4.69) is 17.0 Å². The van der Waals surface area contributed by atoms with Gasteiger partial charge in [0.15, 0.2) is 0 Å². The summed E-state index contributed by atoms with van der Waals surface area (Å²) in [6.45, 7) is 2.19. The summed E-state index contributed by atoms with van der Waals surface area (Å²) in [4.78, 5) is 17.3. The zero-order valence-corrected chi connectivity index (χ0v) is 18.3. The fourth-order valence-electron chi connectivity index (χ4n) is 4.60. The van der Waals surface area contributed by atoms with Crippen LogP contribution in [0.1, 0.15) is 29.0 Å². The zero-order valence-electron chi connectivity index (χ0n) is 18.3. The molecule has 1 aliphatic rings. The number of halogens is 2. The van der Waals surface area contributed by atoms with Gasteiger partial charge in [0, 0.05) is 44.9 Å². The number of piperidine rings is 1. The molecule has 1 amide bonds. The second-order valence-corrected chi connectivity index (χ2v) is 8.65. The second-order valence-electron chi connectivity index (χ2n) is 8.65. The van der Waals surface area contributed by atoms with E-state index in [9.17, 15) is 13.6 Å². The van der Waals surface area contributed by atoms with Crippen LogP contribution in [-0.4, -0.2) is 35.8 Å². The average Bonchev–Trinajstić information content (AvgIpc) is 2.81. The van der Waals surface area contributed by atoms with Gasteiger partial charge in [-0.25, -0.2) is 8.78 Å². The normalized spacial score (nSPS) is 19.0. The van der Waals surface area contributed by atoms with E-state index in [1.165, 1.54) is 17.7 Å². The van der Waals surface area contributed by atoms with Gasteiger partial charge < -0.3 is 4.90 Å². The van der Waals surface area contributed by atoms with E-state index in [-0.39, 0.29) is 17.7 Å². The Bertz CT molecular complexity index is 1040. The first-order valence-corrected chi connectivity index (χ1v) is 11.0. The lowest BCUT2D eigenvalue weighted by atomic mass is 9.83. The Balaban J connectivity index is 1.53. The number of hydrogen-bond acceptors (Lipinski definition) is 2. The van der Waals surface area contributed by atoms with Crippen LogP contribution in [0.3, 0.4) is 0 Å². The van der Waals surface area contributed by atoms with Crippen molar-refractivity contribution in [1.29, 1.82) is 0 Å². The molecule has 3 aromatic carbocycles. The summed E-state index contributed by atoms with van der Waals surface area (Å²) in [5.41, 5.74) is 2.72. The molecule has 5 heteroatoms. The first kappa shape index (κ1) is 22.2. The largest absolute Gasteiger partial charge is 0.341 e. The molecule has 1 saturated heterocycles. The monoisotopic (exact) mass is 434 g/mol. The molecule has 0 saturated carbocycles. The van der Waals surface area contributed by atoms with Crippen LogP contribution >= 0.6 is 0 Å². The standard InChI is InChI=1S/C27H28F2N2O/c1-30(16-20-8-4-2-5-9-20)27(32)24-14-23(21-10-6-3-7-11-21)18-31(19-24)17-22-12-13-25(28)15-26(22)29/h2-13,15,23-24H,14,16-19H2,1H3. The number of rotatable bonds is 6. The summed E-state index contributed by atoms with van der Waals surface area (Å²) in [6, 6.07) is 23.8. The van der Waals surface area contributed by atoms with E-state index in [1.54, 1.807) is 4.90 Å². The second kappa shape index (κ2) is 10.0. The molecule has 0 spiro atoms. The number of nitrogens with zero attached hydrogens (tertiary/aromatic N) is 2. The number of amides is 1. The van der Waals surface area contributed by atoms with Crippen molar-refractivity contribution >= 4 is 5.91 Å². The van der Waals surface area contributed by atoms with Crippen molar-refractivity contribution in [1.82, 2.24) is 9.80 Å². The highest BCUT2D eigenvalue weighted by Crippen LogP contribution is 2.32. The minimum absolute atomic E-state index is 0.0964. The molecule has 2 unspecified atom stereocenters. The summed E-state index contributed by atoms with van der Waals surface area (Å²) in [7, 11) is 1.84. The minimum Gasteiger partial charge on any atom is -0.341 e. The number of carbonyl (C=O) groups excluding carboxylic acids is 1. The van der Waals surface area contributed by atoms with Crippen LogP contribution in [0.2, 0.25) is 0 Å². The Morgan fingerprint density at radius 1 is 0.969 bits per heavy atom. The maximum atomic E-state index is 14.3. The predicted molar refractivity (Wildman–Crippen MR) is 122 cm³/mol. The predicted octanol–water partition coefficient (Wildman–Crippen LogP) is 5.23. The Labute approximate surface area is 188 Å². The van der Waals surface area contributed by atoms with Gasteiger partial charge in [0.2, 0.25) is 5.91 Å². The van der Waals surface area contributed by atoms with Gasteiger partial charge in [0.1, 0.15) is 11.6 Å². The van der Waals surface area contributed by atoms with Gasteiger partial charge in [0.25, 0.3) is 0 Å². The molecular formula is C27H28F2N2O. The zero-order chi connectivity index (χ0) is 22.5. The quantitative estimate of drug-likeness (QED) is 0.530. The summed E-state index contributed by atoms with van der Waals surface area (Å²) < 4.78 is 27.7. The molecule has 0 aromatic heterocycles. The van der Waals surface area contributed by atoms with Crippen molar-refractivity contribution in [3.05, 3.63) is 107 Å². The molecule has 0 aliphatic carbocycles. The van der Waals surface area contributed by atoms with E-state index in [0.717, 1.165) is 24.6 Å². The lowest BCUT2D eigenvalue weighted by Crippen LogP contribution is -2.45. The van der Waals surface area contributed by atoms with Crippen molar-refractivity contribution in [2.24, 2.45) is 5.92 Å². The SMILES string of the molecule is CN(Cc1ccccc1)C(=O)C1CC(c2ccccc2)CN(Cc2ccc(F)cc2F)C1. The Hall–Kier alpha value is -3.05. The molecule has 1 fully saturated rings. The van der Waals surface area contributed by atoms with Gasteiger partial charge in [-0.15, -0.1) is 0 Å². The molecule has 0 N–H and O–H groups in total. The van der Waals surface area contributed by atoms with E-state index in [1.807, 2.05) is 55.6 Å². The molecule has 1 heterocycles. The van der Waals surface area contributed by atoms with Gasteiger partial charge in [-0.05, 0) is 29.5 Å². The lowest BCUT2D eigenvalue weighted by molar-refractivity contribution is -0.137. The average molecular weight is 435 g/mol. The van der Waals surface area contributed by atoms with Crippen molar-refractivity contribution in [2.45, 2.75) is 25.4 Å². The molecule has 3 aromatic rings. The van der Waals surface area contributed by atoms with Crippen LogP contribution in [0.5, 0.6) is 0 Å². The minimum atomic E-state index is -0.581. The fourth-order valence-corrected chi connectivity index (χ4v) is 4.60. The van der Waals surface area contributed by atoms with Crippen molar-refractivity contribution in [3.63, 3.8) is 0 Å². The highest BCUT2D eigenvalue weighted by atomic mass is 19.1. The van der Waals surface area contributed by atoms with Crippen LogP contribution in [0, 0.1) is 17.6 Å². The fraction of sp³-hybridized carbons (Fsp3) is 0.296. The van der Waals surface area contributed by atoms with Gasteiger partial charge in [-0.3, -0.25) is 9.69 Å². The molecule has 0 bridgehead atoms. The summed E-state index contributed by atoms with van der Waals surface area (Å²) in [5, 5.41) is 0. The number of likely N-dealkylation sites (tertiary alicyclic amines) is 1. The van der Waals surface area contributed by atoms with Crippen LogP contribution in [0.4, 0.5) is 8.78 Å². The maximum absolute atomic E-state index is 14.3. The van der Waals surface area contributed by atoms with E-state index >= 15 is 0 Å². The van der Waals surface area contributed by atoms with E-state index in [0.29, 0.717) is 25.2 Å². The lowest BCUT2D eigenvalue weighted by Gasteiger charge is -2.39. The molecule has 0 radical (unpaired) electrons. The Morgan fingerprint density at radius 2 is 1.66 bits per heavy atom. The van der Waals surface area contributed by atoms with Crippen molar-refractivity contribution < 1.29 is 13.6 Å². The summed E-state index contributed by atoms with van der Waals surface area (Å²) in [6.07, 6.45) is 0.754. The van der Waals surface area contributed by atoms with Crippen molar-refractivity contribution in [2.75, 3.05) is 20.1 Å². The molecule has 1 aliphatic heterocycles. The highest BCUT2D eigenvalue weighted by Gasteiger charge is 2.34. The maximum Gasteiger partial charge on any atom is 0.227 e. The molecular weight excluding hydrogens is 406 g/mol. The van der Waals surface area contributed by atoms with Crippen LogP contribution in [0.15, 0.2) is 78.9 Å². The van der Waals surface area contributed by atoms with Crippen LogP contribution in [0.25, 0.3) is 0 Å². The third-order valence-electron chi connectivity index (χ3n) is 6.19. The number of hydrogen-bond donors (Lipinski definition) is 0. The highest BCUT2D eigenvalue weighted by molar-refractivity contribution is 5.79. The number of benzene rings is 3. The molecule has 4 rings (SSSR count). The topological polar surface area (TPSA) is 23.6 Å². The third kappa shape index (κ3) is 5.40. The molecule has 2 atom stereocenters. The van der Waals surface area contributed by atoms with Gasteiger partial charge in [-0.1, -0.05) is 66.7 Å². The molecule has 3 nitrogen and oxygen atoms in total. The van der Waals surface area contributed by atoms with Crippen molar-refractivity contribution in [3.8, 4) is 0 Å². The summed E-state index contributed by atoms with van der Waals surface area (Å²) >= 11 is 0. The Morgan fingerprint density at radius 3 is 2.34 bits per heavy atom. The third-order valence-corrected chi connectivity index (χ3v) is 6.19. The summed E-state index contributed by atoms with van der Waals surface area (Å²) in [5.74, 6) is -1.05. The van der Waals surface area contributed by atoms with Gasteiger partial charge in [-0.2, -0.15) is 0 Å². The molecule has 32 heavy (non-hydrogen) atoms. The van der Waals surface area contributed by atoms with E-state index in [4.69, 9.17) is 0 Å². The first-order valence-electron chi connectivity index (χ1n) is 11.0. The van der Waals surface area contributed by atoms with Crippen LogP contribution in [-0.2, 0) is 17.9 Å². The van der Waals surface area contributed by atoms with Gasteiger partial charge >= 0.3 is 0 Å². The van der Waals surface area contributed by atoms with Crippen LogP contribution < -0.4 is 0 Å².